The maximum Gasteiger partial charge on any atom is 0.338 e. The number of benzene rings is 3. The maximum absolute atomic E-state index is 13.4. The van der Waals surface area contributed by atoms with Crippen LogP contribution in [0.1, 0.15) is 46.5 Å². The van der Waals surface area contributed by atoms with Gasteiger partial charge in [-0.1, -0.05) is 29.3 Å². The predicted octanol–water partition coefficient (Wildman–Crippen LogP) is 5.73. The Morgan fingerprint density at radius 3 is 2.24 bits per heavy atom. The number of esters is 1. The Kier molecular flexibility index (Phi) is 9.43. The number of nitrogens with zero attached hydrogens (tertiary/aromatic N) is 1. The van der Waals surface area contributed by atoms with Crippen LogP contribution in [-0.2, 0) is 20.9 Å². The highest BCUT2D eigenvalue weighted by molar-refractivity contribution is 14.1. The van der Waals surface area contributed by atoms with Crippen LogP contribution in [0.25, 0.3) is 6.08 Å². The number of rotatable bonds is 9. The van der Waals surface area contributed by atoms with Crippen molar-refractivity contribution >= 4 is 58.2 Å². The lowest BCUT2D eigenvalue weighted by atomic mass is 10.1. The maximum atomic E-state index is 13.4. The summed E-state index contributed by atoms with van der Waals surface area (Å²) in [4.78, 5) is 51.5. The van der Waals surface area contributed by atoms with E-state index < -0.39 is 23.8 Å². The van der Waals surface area contributed by atoms with Crippen LogP contribution < -0.4 is 19.7 Å². The zero-order valence-electron chi connectivity index (χ0n) is 23.1. The number of carbonyl (C=O) groups is 4. The summed E-state index contributed by atoms with van der Waals surface area (Å²) in [7, 11) is 0. The third-order valence-electron chi connectivity index (χ3n) is 6.05. The molecule has 0 aliphatic carbocycles. The normalized spacial score (nSPS) is 14.2. The van der Waals surface area contributed by atoms with Crippen LogP contribution in [0.4, 0.5) is 10.5 Å². The Hall–Kier alpha value is -4.19. The van der Waals surface area contributed by atoms with Crippen LogP contribution in [0.5, 0.6) is 11.5 Å². The van der Waals surface area contributed by atoms with Crippen LogP contribution >= 0.6 is 22.6 Å². The number of hydrogen-bond donors (Lipinski definition) is 1. The average molecular weight is 668 g/mol. The number of ether oxygens (including phenoxy) is 3. The molecule has 0 atom stereocenters. The Morgan fingerprint density at radius 2 is 1.61 bits per heavy atom. The molecule has 4 amide bonds. The quantitative estimate of drug-likeness (QED) is 0.134. The summed E-state index contributed by atoms with van der Waals surface area (Å²) in [6.07, 6.45) is 1.41. The van der Waals surface area contributed by atoms with Crippen LogP contribution in [0.2, 0.25) is 0 Å². The molecule has 0 aromatic heterocycles. The fraction of sp³-hybridized carbons (Fsp3) is 0.226. The highest BCUT2D eigenvalue weighted by atomic mass is 127. The zero-order valence-corrected chi connectivity index (χ0v) is 25.2. The highest BCUT2D eigenvalue weighted by Crippen LogP contribution is 2.36. The molecule has 4 rings (SSSR count). The minimum absolute atomic E-state index is 0.193. The van der Waals surface area contributed by atoms with Gasteiger partial charge in [-0.15, -0.1) is 0 Å². The predicted molar refractivity (Wildman–Crippen MR) is 162 cm³/mol. The molecule has 0 bridgehead atoms. The van der Waals surface area contributed by atoms with Crippen molar-refractivity contribution in [3.05, 3.63) is 91.6 Å². The molecule has 1 saturated heterocycles. The van der Waals surface area contributed by atoms with E-state index in [1.165, 1.54) is 30.3 Å². The van der Waals surface area contributed by atoms with Crippen LogP contribution in [0.15, 0.2) is 60.2 Å². The van der Waals surface area contributed by atoms with Crippen molar-refractivity contribution in [3.8, 4) is 11.5 Å². The number of anilines is 1. The van der Waals surface area contributed by atoms with Gasteiger partial charge in [-0.05, 0) is 104 Å². The molecule has 0 unspecified atom stereocenters. The second-order valence-corrected chi connectivity index (χ2v) is 10.4. The molecule has 0 saturated carbocycles. The van der Waals surface area contributed by atoms with E-state index in [9.17, 15) is 19.2 Å². The number of amides is 4. The van der Waals surface area contributed by atoms with Gasteiger partial charge >= 0.3 is 12.0 Å². The topological polar surface area (TPSA) is 111 Å². The smallest absolute Gasteiger partial charge is 0.338 e. The van der Waals surface area contributed by atoms with Gasteiger partial charge in [-0.3, -0.25) is 14.9 Å². The zero-order chi connectivity index (χ0) is 29.7. The summed E-state index contributed by atoms with van der Waals surface area (Å²) in [5.41, 5.74) is 4.05. The average Bonchev–Trinajstić information content (AvgIpc) is 2.90. The van der Waals surface area contributed by atoms with Crippen molar-refractivity contribution in [2.24, 2.45) is 0 Å². The van der Waals surface area contributed by atoms with Crippen molar-refractivity contribution < 1.29 is 33.4 Å². The molecule has 1 aliphatic heterocycles. The molecule has 1 aliphatic rings. The first kappa shape index (κ1) is 29.8. The molecule has 10 heteroatoms. The third-order valence-corrected chi connectivity index (χ3v) is 6.85. The lowest BCUT2D eigenvalue weighted by Crippen LogP contribution is -2.54. The van der Waals surface area contributed by atoms with E-state index in [0.29, 0.717) is 30.3 Å². The lowest BCUT2D eigenvalue weighted by molar-refractivity contribution is -0.122. The minimum atomic E-state index is -0.888. The minimum Gasteiger partial charge on any atom is -0.490 e. The molecule has 3 aromatic rings. The number of halogens is 1. The van der Waals surface area contributed by atoms with Gasteiger partial charge in [0.15, 0.2) is 11.5 Å². The van der Waals surface area contributed by atoms with Crippen LogP contribution in [0, 0.1) is 17.4 Å². The third kappa shape index (κ3) is 6.94. The number of nitrogens with one attached hydrogen (secondary N) is 1. The summed E-state index contributed by atoms with van der Waals surface area (Å²) in [6, 6.07) is 14.5. The van der Waals surface area contributed by atoms with Crippen molar-refractivity contribution in [3.63, 3.8) is 0 Å². The summed E-state index contributed by atoms with van der Waals surface area (Å²) < 4.78 is 17.7. The first-order chi connectivity index (χ1) is 19.6. The van der Waals surface area contributed by atoms with Gasteiger partial charge in [0.2, 0.25) is 0 Å². The molecule has 0 radical (unpaired) electrons. The van der Waals surface area contributed by atoms with Gasteiger partial charge in [-0.25, -0.2) is 14.5 Å². The second kappa shape index (κ2) is 13.0. The summed E-state index contributed by atoms with van der Waals surface area (Å²) in [6.45, 7) is 8.53. The van der Waals surface area contributed by atoms with Crippen molar-refractivity contribution in [1.82, 2.24) is 5.32 Å². The van der Waals surface area contributed by atoms with Crippen molar-refractivity contribution in [1.29, 1.82) is 0 Å². The van der Waals surface area contributed by atoms with Gasteiger partial charge in [0.25, 0.3) is 11.8 Å². The SMILES string of the molecule is CCOC(=O)c1ccc(N2C(=O)NC(=O)/C(=C\c3cc(I)c(OCc4cc(C)cc(C)c4)c(OCC)c3)C2=O)cc1. The van der Waals surface area contributed by atoms with Gasteiger partial charge < -0.3 is 14.2 Å². The van der Waals surface area contributed by atoms with Gasteiger partial charge in [0, 0.05) is 0 Å². The number of imide groups is 2. The summed E-state index contributed by atoms with van der Waals surface area (Å²) in [5.74, 6) is -1.13. The number of barbiturate groups is 1. The Labute approximate surface area is 251 Å². The highest BCUT2D eigenvalue weighted by Gasteiger charge is 2.37. The Morgan fingerprint density at radius 1 is 0.927 bits per heavy atom. The second-order valence-electron chi connectivity index (χ2n) is 9.27. The molecule has 3 aromatic carbocycles. The Balaban J connectivity index is 1.63. The van der Waals surface area contributed by atoms with E-state index in [1.54, 1.807) is 19.1 Å². The Bertz CT molecular complexity index is 1530. The van der Waals surface area contributed by atoms with Gasteiger partial charge in [-0.2, -0.15) is 0 Å². The number of carbonyl (C=O) groups excluding carboxylic acids is 4. The molecule has 212 valence electrons. The largest absolute Gasteiger partial charge is 0.490 e. The van der Waals surface area contributed by atoms with E-state index in [0.717, 1.165) is 25.2 Å². The number of hydrogen-bond acceptors (Lipinski definition) is 7. The first-order valence-electron chi connectivity index (χ1n) is 13.0. The van der Waals surface area contributed by atoms with E-state index >= 15 is 0 Å². The molecule has 41 heavy (non-hydrogen) atoms. The number of aryl methyl sites for hydroxylation is 2. The summed E-state index contributed by atoms with van der Waals surface area (Å²) >= 11 is 2.12. The van der Waals surface area contributed by atoms with Crippen LogP contribution in [-0.4, -0.2) is 37.0 Å². The van der Waals surface area contributed by atoms with Crippen molar-refractivity contribution in [2.45, 2.75) is 34.3 Å². The fourth-order valence-corrected chi connectivity index (χ4v) is 5.18. The van der Waals surface area contributed by atoms with E-state index in [-0.39, 0.29) is 23.4 Å². The van der Waals surface area contributed by atoms with Gasteiger partial charge in [0.1, 0.15) is 12.2 Å². The molecule has 1 N–H and O–H groups in total. The monoisotopic (exact) mass is 668 g/mol. The number of urea groups is 1. The summed E-state index contributed by atoms with van der Waals surface area (Å²) in [5, 5.41) is 2.21. The van der Waals surface area contributed by atoms with E-state index in [2.05, 4.69) is 46.1 Å². The molecule has 1 heterocycles. The van der Waals surface area contributed by atoms with Crippen molar-refractivity contribution in [2.75, 3.05) is 18.1 Å². The fourth-order valence-electron chi connectivity index (χ4n) is 4.40. The van der Waals surface area contributed by atoms with Crippen LogP contribution in [0.3, 0.4) is 0 Å². The first-order valence-corrected chi connectivity index (χ1v) is 14.0. The van der Waals surface area contributed by atoms with E-state index in [1.807, 2.05) is 20.8 Å². The molecular formula is C31H29IN2O7. The van der Waals surface area contributed by atoms with Gasteiger partial charge in [0.05, 0.1) is 28.0 Å². The molecule has 0 spiro atoms. The lowest BCUT2D eigenvalue weighted by Gasteiger charge is -2.26. The molecule has 1 fully saturated rings. The van der Waals surface area contributed by atoms with E-state index in [4.69, 9.17) is 14.2 Å². The molecule has 9 nitrogen and oxygen atoms in total. The molecular weight excluding hydrogens is 639 g/mol. The standard InChI is InChI=1S/C31H29IN2O7/c1-5-39-26-16-20(15-25(32)27(26)41-17-21-12-18(3)11-19(4)13-21)14-24-28(35)33-31(38)34(29(24)36)23-9-7-22(8-10-23)30(37)40-6-2/h7-16H,5-6,17H2,1-4H3,(H,33,35,38)/b24-14+.